The Morgan fingerprint density at radius 3 is 2.41 bits per heavy atom. The van der Waals surface area contributed by atoms with Crippen LogP contribution in [0.3, 0.4) is 0 Å². The zero-order chi connectivity index (χ0) is 24.7. The summed E-state index contributed by atoms with van der Waals surface area (Å²) in [6.45, 7) is 0. The number of alkyl halides is 3. The summed E-state index contributed by atoms with van der Waals surface area (Å²) in [5.74, 6) is 0.363. The molecule has 4 rings (SSSR count). The highest BCUT2D eigenvalue weighted by atomic mass is 35.5. The summed E-state index contributed by atoms with van der Waals surface area (Å²) in [5.41, 5.74) is -0.735. The van der Waals surface area contributed by atoms with Crippen LogP contribution in [0.1, 0.15) is 11.1 Å². The molecule has 4 aromatic rings. The third kappa shape index (κ3) is 4.53. The van der Waals surface area contributed by atoms with Crippen LogP contribution in [0, 0.1) is 11.3 Å². The Morgan fingerprint density at radius 1 is 1.03 bits per heavy atom. The molecule has 11 heteroatoms. The highest BCUT2D eigenvalue weighted by Crippen LogP contribution is 2.39. The number of hydrogen-bond acceptors (Lipinski definition) is 6. The Morgan fingerprint density at radius 2 is 1.74 bits per heavy atom. The molecule has 0 saturated carbocycles. The fourth-order valence-electron chi connectivity index (χ4n) is 3.38. The van der Waals surface area contributed by atoms with Crippen LogP contribution in [0.5, 0.6) is 11.5 Å². The quantitative estimate of drug-likeness (QED) is 0.337. The van der Waals surface area contributed by atoms with E-state index in [1.54, 1.807) is 0 Å². The molecule has 0 atom stereocenters. The second kappa shape index (κ2) is 8.59. The minimum Gasteiger partial charge on any atom is -0.457 e. The number of rotatable bonds is 4. The zero-order valence-electron chi connectivity index (χ0n) is 17.3. The van der Waals surface area contributed by atoms with Gasteiger partial charge in [0.15, 0.2) is 9.84 Å². The number of nitriles is 1. The normalized spacial score (nSPS) is 11.9. The molecule has 34 heavy (non-hydrogen) atoms. The van der Waals surface area contributed by atoms with Crippen molar-refractivity contribution in [3.63, 3.8) is 0 Å². The van der Waals surface area contributed by atoms with Gasteiger partial charge in [-0.1, -0.05) is 23.7 Å². The van der Waals surface area contributed by atoms with Gasteiger partial charge in [-0.25, -0.2) is 18.4 Å². The maximum Gasteiger partial charge on any atom is 0.418 e. The van der Waals surface area contributed by atoms with Crippen molar-refractivity contribution < 1.29 is 26.3 Å². The molecule has 0 aliphatic rings. The predicted octanol–water partition coefficient (Wildman–Crippen LogP) is 6.04. The Hall–Kier alpha value is -3.68. The second-order valence-electron chi connectivity index (χ2n) is 7.21. The van der Waals surface area contributed by atoms with E-state index >= 15 is 0 Å². The fourth-order valence-corrected chi connectivity index (χ4v) is 4.43. The number of sulfone groups is 1. The first-order valence-electron chi connectivity index (χ1n) is 9.52. The maximum absolute atomic E-state index is 13.4. The van der Waals surface area contributed by atoms with Crippen LogP contribution in [-0.2, 0) is 16.0 Å². The number of para-hydroxylation sites is 1. The van der Waals surface area contributed by atoms with Crippen molar-refractivity contribution >= 4 is 32.3 Å². The van der Waals surface area contributed by atoms with Crippen LogP contribution < -0.4 is 4.74 Å². The van der Waals surface area contributed by atoms with Gasteiger partial charge in [0, 0.05) is 23.3 Å². The van der Waals surface area contributed by atoms with Crippen LogP contribution in [0.15, 0.2) is 65.8 Å². The average molecular weight is 504 g/mol. The standard InChI is InChI=1S/C23H13ClF3N3O3S/c1-34(31,32)20-10-15(6-5-13(20)11-28)33-14-7-8-19(24)17(9-14)21-16-3-2-4-18(23(25,26)27)22(16)30-12-29-21/h2-10,12H,1H3. The summed E-state index contributed by atoms with van der Waals surface area (Å²) in [4.78, 5) is 7.77. The monoisotopic (exact) mass is 503 g/mol. The first-order valence-corrected chi connectivity index (χ1v) is 11.8. The van der Waals surface area contributed by atoms with E-state index in [2.05, 4.69) is 9.97 Å². The van der Waals surface area contributed by atoms with E-state index in [-0.39, 0.29) is 43.6 Å². The van der Waals surface area contributed by atoms with Crippen LogP contribution in [0.4, 0.5) is 13.2 Å². The highest BCUT2D eigenvalue weighted by molar-refractivity contribution is 7.90. The fraction of sp³-hybridized carbons (Fsp3) is 0.0870. The van der Waals surface area contributed by atoms with Crippen LogP contribution in [0.2, 0.25) is 5.02 Å². The summed E-state index contributed by atoms with van der Waals surface area (Å²) in [6, 6.07) is 13.9. The van der Waals surface area contributed by atoms with Gasteiger partial charge in [-0.2, -0.15) is 18.4 Å². The van der Waals surface area contributed by atoms with E-state index < -0.39 is 21.6 Å². The van der Waals surface area contributed by atoms with E-state index in [0.717, 1.165) is 18.6 Å². The van der Waals surface area contributed by atoms with Gasteiger partial charge < -0.3 is 4.74 Å². The van der Waals surface area contributed by atoms with Gasteiger partial charge in [0.25, 0.3) is 0 Å². The first kappa shape index (κ1) is 23.5. The van der Waals surface area contributed by atoms with E-state index in [4.69, 9.17) is 21.6 Å². The van der Waals surface area contributed by atoms with Crippen molar-refractivity contribution in [3.05, 3.63) is 77.1 Å². The molecule has 0 aliphatic carbocycles. The van der Waals surface area contributed by atoms with Crippen LogP contribution >= 0.6 is 11.6 Å². The van der Waals surface area contributed by atoms with Crippen molar-refractivity contribution in [2.75, 3.05) is 6.26 Å². The van der Waals surface area contributed by atoms with Crippen molar-refractivity contribution in [2.24, 2.45) is 0 Å². The molecule has 0 radical (unpaired) electrons. The molecule has 172 valence electrons. The van der Waals surface area contributed by atoms with Crippen molar-refractivity contribution in [2.45, 2.75) is 11.1 Å². The second-order valence-corrected chi connectivity index (χ2v) is 9.60. The molecule has 6 nitrogen and oxygen atoms in total. The van der Waals surface area contributed by atoms with Gasteiger partial charge in [0.2, 0.25) is 0 Å². The van der Waals surface area contributed by atoms with Crippen molar-refractivity contribution in [1.29, 1.82) is 5.26 Å². The number of benzene rings is 3. The lowest BCUT2D eigenvalue weighted by molar-refractivity contribution is -0.136. The summed E-state index contributed by atoms with van der Waals surface area (Å²) in [6.07, 6.45) is -2.61. The number of halogens is 4. The topological polar surface area (TPSA) is 92.9 Å². The number of nitrogens with zero attached hydrogens (tertiary/aromatic N) is 3. The SMILES string of the molecule is CS(=O)(=O)c1cc(Oc2ccc(Cl)c(-c3ncnc4c(C(F)(F)F)cccc34)c2)ccc1C#N. The van der Waals surface area contributed by atoms with Gasteiger partial charge >= 0.3 is 6.18 Å². The largest absolute Gasteiger partial charge is 0.457 e. The van der Waals surface area contributed by atoms with Gasteiger partial charge in [-0.05, 0) is 36.4 Å². The molecule has 1 heterocycles. The molecule has 0 amide bonds. The van der Waals surface area contributed by atoms with Gasteiger partial charge in [-0.15, -0.1) is 0 Å². The molecule has 0 saturated heterocycles. The lowest BCUT2D eigenvalue weighted by atomic mass is 10.0. The molecule has 0 spiro atoms. The zero-order valence-corrected chi connectivity index (χ0v) is 18.8. The predicted molar refractivity (Wildman–Crippen MR) is 119 cm³/mol. The van der Waals surface area contributed by atoms with Gasteiger partial charge in [0.05, 0.1) is 32.3 Å². The van der Waals surface area contributed by atoms with E-state index in [9.17, 15) is 21.6 Å². The lowest BCUT2D eigenvalue weighted by Gasteiger charge is -2.13. The molecular weight excluding hydrogens is 491 g/mol. The summed E-state index contributed by atoms with van der Waals surface area (Å²) < 4.78 is 70.1. The molecule has 0 fully saturated rings. The van der Waals surface area contributed by atoms with Crippen LogP contribution in [0.25, 0.3) is 22.2 Å². The minimum absolute atomic E-state index is 0.0282. The number of aromatic nitrogens is 2. The maximum atomic E-state index is 13.4. The summed E-state index contributed by atoms with van der Waals surface area (Å²) in [5, 5.41) is 9.52. The number of ether oxygens (including phenoxy) is 1. The number of fused-ring (bicyclic) bond motifs is 1. The van der Waals surface area contributed by atoms with Crippen molar-refractivity contribution in [3.8, 4) is 28.8 Å². The lowest BCUT2D eigenvalue weighted by Crippen LogP contribution is -2.07. The smallest absolute Gasteiger partial charge is 0.418 e. The Balaban J connectivity index is 1.81. The first-order chi connectivity index (χ1) is 16.0. The molecule has 0 bridgehead atoms. The van der Waals surface area contributed by atoms with E-state index in [0.29, 0.717) is 5.56 Å². The Bertz CT molecular complexity index is 1580. The Kier molecular flexibility index (Phi) is 5.93. The molecule has 0 aliphatic heterocycles. The van der Waals surface area contributed by atoms with Gasteiger partial charge in [0.1, 0.15) is 23.9 Å². The van der Waals surface area contributed by atoms with Crippen molar-refractivity contribution in [1.82, 2.24) is 9.97 Å². The van der Waals surface area contributed by atoms with Crippen LogP contribution in [-0.4, -0.2) is 24.6 Å². The third-order valence-corrected chi connectivity index (χ3v) is 6.34. The van der Waals surface area contributed by atoms with E-state index in [1.807, 2.05) is 6.07 Å². The minimum atomic E-state index is -4.60. The average Bonchev–Trinajstić information content (AvgIpc) is 2.78. The number of hydrogen-bond donors (Lipinski definition) is 0. The van der Waals surface area contributed by atoms with E-state index in [1.165, 1.54) is 48.5 Å². The highest BCUT2D eigenvalue weighted by Gasteiger charge is 2.33. The van der Waals surface area contributed by atoms with Gasteiger partial charge in [-0.3, -0.25) is 0 Å². The molecule has 1 aromatic heterocycles. The Labute approximate surface area is 197 Å². The third-order valence-electron chi connectivity index (χ3n) is 4.87. The molecule has 0 unspecified atom stereocenters. The summed E-state index contributed by atoms with van der Waals surface area (Å²) in [7, 11) is -3.69. The summed E-state index contributed by atoms with van der Waals surface area (Å²) >= 11 is 6.33. The molecule has 0 N–H and O–H groups in total. The molecular formula is C23H13ClF3N3O3S. The molecule has 3 aromatic carbocycles.